The van der Waals surface area contributed by atoms with Gasteiger partial charge in [0, 0.05) is 12.1 Å². The number of aryl methyl sites for hydroxylation is 1. The summed E-state index contributed by atoms with van der Waals surface area (Å²) in [5, 5.41) is 11.2. The number of nitro benzene ring substituents is 1. The molecule has 25 heavy (non-hydrogen) atoms. The van der Waals surface area contributed by atoms with E-state index in [1.807, 2.05) is 0 Å². The lowest BCUT2D eigenvalue weighted by Crippen LogP contribution is -2.16. The van der Waals surface area contributed by atoms with E-state index in [1.165, 1.54) is 12.1 Å². The molecule has 0 fully saturated rings. The van der Waals surface area contributed by atoms with E-state index in [-0.39, 0.29) is 11.1 Å². The summed E-state index contributed by atoms with van der Waals surface area (Å²) in [6.45, 7) is 2.52. The lowest BCUT2D eigenvalue weighted by molar-refractivity contribution is -0.384. The summed E-state index contributed by atoms with van der Waals surface area (Å²) in [4.78, 5) is 23.3. The van der Waals surface area contributed by atoms with Gasteiger partial charge in [-0.05, 0) is 36.8 Å². The first-order valence-electron chi connectivity index (χ1n) is 7.67. The van der Waals surface area contributed by atoms with Crippen LogP contribution in [0, 0.1) is 17.0 Å². The maximum atomic E-state index is 13.0. The highest BCUT2D eigenvalue weighted by atomic mass is 16.6. The van der Waals surface area contributed by atoms with Crippen molar-refractivity contribution < 1.29 is 18.8 Å². The standard InChI is InChI=1S/C18H13NO6/c1-10-15(11-2-4-12(5-3-11)19(21)22)16(20)13-6-7-14-18(17(13)25-10)24-9-8-23-14/h2-7H,8-9H2,1H3. The van der Waals surface area contributed by atoms with E-state index in [0.717, 1.165) is 0 Å². The van der Waals surface area contributed by atoms with Crippen LogP contribution in [0.15, 0.2) is 45.6 Å². The van der Waals surface area contributed by atoms with Gasteiger partial charge in [0.2, 0.25) is 11.2 Å². The Kier molecular flexibility index (Phi) is 3.42. The topological polar surface area (TPSA) is 91.8 Å². The summed E-state index contributed by atoms with van der Waals surface area (Å²) < 4.78 is 17.0. The highest BCUT2D eigenvalue weighted by Gasteiger charge is 2.22. The fourth-order valence-corrected chi connectivity index (χ4v) is 2.95. The molecule has 0 bridgehead atoms. The van der Waals surface area contributed by atoms with Gasteiger partial charge in [-0.3, -0.25) is 14.9 Å². The molecule has 0 atom stereocenters. The zero-order valence-corrected chi connectivity index (χ0v) is 13.3. The van der Waals surface area contributed by atoms with Crippen LogP contribution in [-0.4, -0.2) is 18.1 Å². The van der Waals surface area contributed by atoms with Gasteiger partial charge in [0.05, 0.1) is 15.9 Å². The van der Waals surface area contributed by atoms with E-state index in [0.29, 0.717) is 52.6 Å². The van der Waals surface area contributed by atoms with E-state index < -0.39 is 4.92 Å². The summed E-state index contributed by atoms with van der Waals surface area (Å²) in [7, 11) is 0. The molecule has 0 aliphatic carbocycles. The zero-order chi connectivity index (χ0) is 17.6. The second-order valence-electron chi connectivity index (χ2n) is 5.63. The Morgan fingerprint density at radius 2 is 1.76 bits per heavy atom. The number of hydrogen-bond acceptors (Lipinski definition) is 6. The van der Waals surface area contributed by atoms with Gasteiger partial charge < -0.3 is 13.9 Å². The molecule has 1 aliphatic heterocycles. The Morgan fingerprint density at radius 3 is 2.48 bits per heavy atom. The van der Waals surface area contributed by atoms with Crippen molar-refractivity contribution in [3.05, 3.63) is 62.5 Å². The first-order chi connectivity index (χ1) is 12.1. The monoisotopic (exact) mass is 339 g/mol. The summed E-state index contributed by atoms with van der Waals surface area (Å²) in [6, 6.07) is 9.14. The molecule has 0 saturated carbocycles. The molecule has 1 aromatic heterocycles. The van der Waals surface area contributed by atoms with Crippen LogP contribution >= 0.6 is 0 Å². The predicted octanol–water partition coefficient (Wildman–Crippen LogP) is 3.45. The first kappa shape index (κ1) is 15.2. The van der Waals surface area contributed by atoms with Crippen molar-refractivity contribution in [1.29, 1.82) is 0 Å². The smallest absolute Gasteiger partial charge is 0.269 e. The van der Waals surface area contributed by atoms with Gasteiger partial charge in [0.15, 0.2) is 11.3 Å². The van der Waals surface area contributed by atoms with Gasteiger partial charge in [0.25, 0.3) is 5.69 Å². The van der Waals surface area contributed by atoms with Crippen LogP contribution in [-0.2, 0) is 0 Å². The molecule has 0 saturated heterocycles. The van der Waals surface area contributed by atoms with Crippen LogP contribution in [0.3, 0.4) is 0 Å². The van der Waals surface area contributed by atoms with Crippen LogP contribution in [0.2, 0.25) is 0 Å². The molecule has 2 aromatic carbocycles. The van der Waals surface area contributed by atoms with Crippen molar-refractivity contribution in [2.45, 2.75) is 6.92 Å². The first-order valence-corrected chi connectivity index (χ1v) is 7.67. The van der Waals surface area contributed by atoms with Crippen molar-refractivity contribution >= 4 is 16.7 Å². The SMILES string of the molecule is Cc1oc2c3c(ccc2c(=O)c1-c1ccc([N+](=O)[O-])cc1)OCCO3. The summed E-state index contributed by atoms with van der Waals surface area (Å²) in [6.07, 6.45) is 0. The second-order valence-corrected chi connectivity index (χ2v) is 5.63. The van der Waals surface area contributed by atoms with Crippen molar-refractivity contribution in [2.75, 3.05) is 13.2 Å². The molecular weight excluding hydrogens is 326 g/mol. The van der Waals surface area contributed by atoms with Crippen LogP contribution in [0.5, 0.6) is 11.5 Å². The minimum absolute atomic E-state index is 0.0359. The van der Waals surface area contributed by atoms with Gasteiger partial charge in [0.1, 0.15) is 19.0 Å². The quantitative estimate of drug-likeness (QED) is 0.524. The second kappa shape index (κ2) is 5.62. The molecule has 126 valence electrons. The zero-order valence-electron chi connectivity index (χ0n) is 13.3. The van der Waals surface area contributed by atoms with Gasteiger partial charge in [-0.2, -0.15) is 0 Å². The molecule has 0 N–H and O–H groups in total. The number of non-ortho nitro benzene ring substituents is 1. The average molecular weight is 339 g/mol. The molecule has 7 nitrogen and oxygen atoms in total. The molecule has 2 heterocycles. The molecule has 0 amide bonds. The Hall–Kier alpha value is -3.35. The molecular formula is C18H13NO6. The summed E-state index contributed by atoms with van der Waals surface area (Å²) in [5.41, 5.74) is 1.04. The van der Waals surface area contributed by atoms with E-state index >= 15 is 0 Å². The van der Waals surface area contributed by atoms with Gasteiger partial charge >= 0.3 is 0 Å². The number of benzene rings is 2. The fourth-order valence-electron chi connectivity index (χ4n) is 2.95. The molecule has 0 spiro atoms. The lowest BCUT2D eigenvalue weighted by Gasteiger charge is -2.19. The van der Waals surface area contributed by atoms with Crippen LogP contribution in [0.1, 0.15) is 5.76 Å². The van der Waals surface area contributed by atoms with Crippen molar-refractivity contribution in [3.63, 3.8) is 0 Å². The summed E-state index contributed by atoms with van der Waals surface area (Å²) >= 11 is 0. The number of nitro groups is 1. The highest BCUT2D eigenvalue weighted by Crippen LogP contribution is 2.38. The van der Waals surface area contributed by atoms with Crippen molar-refractivity contribution in [3.8, 4) is 22.6 Å². The minimum atomic E-state index is -0.483. The van der Waals surface area contributed by atoms with Crippen molar-refractivity contribution in [1.82, 2.24) is 0 Å². The predicted molar refractivity (Wildman–Crippen MR) is 90.3 cm³/mol. The normalized spacial score (nSPS) is 13.0. The third-order valence-corrected chi connectivity index (χ3v) is 4.11. The number of hydrogen-bond donors (Lipinski definition) is 0. The maximum Gasteiger partial charge on any atom is 0.269 e. The van der Waals surface area contributed by atoms with Crippen LogP contribution in [0.25, 0.3) is 22.1 Å². The van der Waals surface area contributed by atoms with E-state index in [1.54, 1.807) is 31.2 Å². The van der Waals surface area contributed by atoms with Crippen LogP contribution in [0.4, 0.5) is 5.69 Å². The van der Waals surface area contributed by atoms with E-state index in [9.17, 15) is 14.9 Å². The number of fused-ring (bicyclic) bond motifs is 3. The third-order valence-electron chi connectivity index (χ3n) is 4.11. The fraction of sp³-hybridized carbons (Fsp3) is 0.167. The minimum Gasteiger partial charge on any atom is -0.486 e. The molecule has 3 aromatic rings. The molecule has 0 radical (unpaired) electrons. The molecule has 4 rings (SSSR count). The average Bonchev–Trinajstić information content (AvgIpc) is 2.62. The molecule has 1 aliphatic rings. The Balaban J connectivity index is 1.94. The third kappa shape index (κ3) is 2.40. The van der Waals surface area contributed by atoms with Gasteiger partial charge in [-0.15, -0.1) is 0 Å². The number of rotatable bonds is 2. The number of ether oxygens (including phenoxy) is 2. The highest BCUT2D eigenvalue weighted by molar-refractivity contribution is 5.89. The molecule has 7 heteroatoms. The Bertz CT molecular complexity index is 1050. The van der Waals surface area contributed by atoms with Crippen molar-refractivity contribution in [2.24, 2.45) is 0 Å². The van der Waals surface area contributed by atoms with E-state index in [2.05, 4.69) is 0 Å². The van der Waals surface area contributed by atoms with Gasteiger partial charge in [-0.25, -0.2) is 0 Å². The maximum absolute atomic E-state index is 13.0. The number of nitrogens with zero attached hydrogens (tertiary/aromatic N) is 1. The Morgan fingerprint density at radius 1 is 1.04 bits per heavy atom. The Labute approximate surface area is 141 Å². The van der Waals surface area contributed by atoms with E-state index in [4.69, 9.17) is 13.9 Å². The van der Waals surface area contributed by atoms with Gasteiger partial charge in [-0.1, -0.05) is 0 Å². The summed E-state index contributed by atoms with van der Waals surface area (Å²) in [5.74, 6) is 1.39. The lowest BCUT2D eigenvalue weighted by atomic mass is 10.0. The molecule has 0 unspecified atom stereocenters. The largest absolute Gasteiger partial charge is 0.486 e. The van der Waals surface area contributed by atoms with Crippen LogP contribution < -0.4 is 14.9 Å².